The average molecular weight is 613 g/mol. The van der Waals surface area contributed by atoms with Crippen molar-refractivity contribution in [3.63, 3.8) is 0 Å². The zero-order valence-electron chi connectivity index (χ0n) is 28.9. The van der Waals surface area contributed by atoms with Crippen LogP contribution in [0.5, 0.6) is 0 Å². The second-order valence-corrected chi connectivity index (χ2v) is 17.0. The molecule has 3 heteroatoms. The van der Waals surface area contributed by atoms with Crippen LogP contribution in [0.25, 0.3) is 0 Å². The standard InChI is InChI=1S/2C19H34O.C2H5.Al/c2*20-19(16-10-4-1-5-11-16,17-12-6-2-7-13-17)18-14-8-3-9-15-18;1-2;/h2*16-18,20H,1-15H2;1H2,2H3;. The summed E-state index contributed by atoms with van der Waals surface area (Å²) in [5.41, 5.74) is -0.581. The molecule has 248 valence electrons. The highest BCUT2D eigenvalue weighted by Crippen LogP contribution is 2.52. The minimum Gasteiger partial charge on any atom is -0.389 e. The summed E-state index contributed by atoms with van der Waals surface area (Å²) < 4.78 is 0. The van der Waals surface area contributed by atoms with Crippen molar-refractivity contribution in [3.8, 4) is 0 Å². The van der Waals surface area contributed by atoms with Crippen molar-refractivity contribution in [2.75, 3.05) is 0 Å². The average Bonchev–Trinajstić information content (AvgIpc) is 3.10. The summed E-state index contributed by atoms with van der Waals surface area (Å²) in [5, 5.41) is 24.9. The van der Waals surface area contributed by atoms with Gasteiger partial charge in [0, 0.05) is 0 Å². The molecule has 0 aromatic carbocycles. The molecule has 0 bridgehead atoms. The lowest BCUT2D eigenvalue weighted by Crippen LogP contribution is -2.53. The van der Waals surface area contributed by atoms with Crippen molar-refractivity contribution in [1.82, 2.24) is 0 Å². The van der Waals surface area contributed by atoms with E-state index in [0.29, 0.717) is 35.5 Å². The molecular formula is C40H73AlO2. The summed E-state index contributed by atoms with van der Waals surface area (Å²) in [6.07, 6.45) is 40.5. The molecule has 0 atom stereocenters. The van der Waals surface area contributed by atoms with E-state index in [0.717, 1.165) is 0 Å². The van der Waals surface area contributed by atoms with E-state index < -0.39 is 0 Å². The molecule has 2 nitrogen and oxygen atoms in total. The smallest absolute Gasteiger partial charge is 0.117 e. The zero-order valence-corrected chi connectivity index (χ0v) is 30.0. The normalized spacial score (nSPS) is 27.0. The molecule has 43 heavy (non-hydrogen) atoms. The van der Waals surface area contributed by atoms with Gasteiger partial charge in [0.15, 0.2) is 0 Å². The molecule has 6 aliphatic rings. The van der Waals surface area contributed by atoms with E-state index in [9.17, 15) is 10.2 Å². The summed E-state index contributed by atoms with van der Waals surface area (Å²) in [6.45, 7) is 2.09. The van der Waals surface area contributed by atoms with E-state index in [2.05, 4.69) is 23.2 Å². The number of aliphatic hydroxyl groups is 2. The van der Waals surface area contributed by atoms with Crippen molar-refractivity contribution >= 4 is 16.3 Å². The van der Waals surface area contributed by atoms with Gasteiger partial charge in [0.2, 0.25) is 0 Å². The van der Waals surface area contributed by atoms with Crippen LogP contribution in [0.1, 0.15) is 200 Å². The largest absolute Gasteiger partial charge is 0.389 e. The first-order chi connectivity index (χ1) is 21.0. The quantitative estimate of drug-likeness (QED) is 0.293. The third-order valence-corrected chi connectivity index (χ3v) is 13.6. The molecule has 0 saturated heterocycles. The lowest BCUT2D eigenvalue weighted by atomic mass is 9.58. The second kappa shape index (κ2) is 19.3. The van der Waals surface area contributed by atoms with Crippen molar-refractivity contribution in [2.45, 2.75) is 216 Å². The Bertz CT molecular complexity index is 551. The van der Waals surface area contributed by atoms with Crippen LogP contribution in [0.4, 0.5) is 0 Å². The Balaban J connectivity index is 0.000000181. The van der Waals surface area contributed by atoms with Crippen LogP contribution in [0.3, 0.4) is 0 Å². The van der Waals surface area contributed by atoms with E-state index in [1.54, 1.807) is 0 Å². The van der Waals surface area contributed by atoms with Crippen molar-refractivity contribution in [2.24, 2.45) is 35.5 Å². The lowest BCUT2D eigenvalue weighted by Gasteiger charge is -2.51. The van der Waals surface area contributed by atoms with Gasteiger partial charge in [-0.2, -0.15) is 0 Å². The monoisotopic (exact) mass is 613 g/mol. The molecule has 6 saturated carbocycles. The molecule has 0 aromatic rings. The first kappa shape index (κ1) is 36.3. The van der Waals surface area contributed by atoms with Crippen LogP contribution in [0.2, 0.25) is 5.28 Å². The molecule has 2 radical (unpaired) electrons. The topological polar surface area (TPSA) is 40.5 Å². The predicted octanol–water partition coefficient (Wildman–Crippen LogP) is 11.5. The maximum atomic E-state index is 11.9. The van der Waals surface area contributed by atoms with Crippen LogP contribution < -0.4 is 0 Å². The molecule has 0 spiro atoms. The van der Waals surface area contributed by atoms with Gasteiger partial charge in [0.25, 0.3) is 0 Å². The second-order valence-electron chi connectivity index (χ2n) is 16.2. The van der Waals surface area contributed by atoms with Gasteiger partial charge in [-0.1, -0.05) is 122 Å². The fourth-order valence-electron chi connectivity index (χ4n) is 11.4. The van der Waals surface area contributed by atoms with Gasteiger partial charge in [0.1, 0.15) is 16.3 Å². The first-order valence-corrected chi connectivity index (χ1v) is 21.0. The van der Waals surface area contributed by atoms with Crippen LogP contribution in [-0.4, -0.2) is 37.7 Å². The zero-order chi connectivity index (χ0) is 30.4. The summed E-state index contributed by atoms with van der Waals surface area (Å²) >= 11 is 2.58. The number of rotatable bonds is 6. The van der Waals surface area contributed by atoms with Gasteiger partial charge < -0.3 is 10.2 Å². The van der Waals surface area contributed by atoms with Crippen molar-refractivity contribution in [1.29, 1.82) is 0 Å². The number of hydrogen-bond donors (Lipinski definition) is 2. The summed E-state index contributed by atoms with van der Waals surface area (Å²) in [6, 6.07) is 0. The Labute approximate surface area is 277 Å². The number of hydrogen-bond acceptors (Lipinski definition) is 2. The van der Waals surface area contributed by atoms with Gasteiger partial charge in [-0.05, 0) is 113 Å². The molecular weight excluding hydrogens is 539 g/mol. The molecule has 6 rings (SSSR count). The maximum absolute atomic E-state index is 11.9. The Kier molecular flexibility index (Phi) is 16.3. The molecule has 0 unspecified atom stereocenters. The Morgan fingerprint density at radius 1 is 0.349 bits per heavy atom. The Morgan fingerprint density at radius 2 is 0.465 bits per heavy atom. The van der Waals surface area contributed by atoms with Crippen molar-refractivity contribution < 1.29 is 10.2 Å². The van der Waals surface area contributed by atoms with Crippen LogP contribution in [0, 0.1) is 35.5 Å². The highest BCUT2D eigenvalue weighted by molar-refractivity contribution is 6.08. The first-order valence-electron chi connectivity index (χ1n) is 20.2. The molecule has 0 amide bonds. The molecule has 6 aliphatic carbocycles. The Hall–Kier alpha value is 0.452. The van der Waals surface area contributed by atoms with E-state index in [4.69, 9.17) is 0 Å². The van der Waals surface area contributed by atoms with Crippen LogP contribution in [-0.2, 0) is 0 Å². The maximum Gasteiger partial charge on any atom is 0.117 e. The van der Waals surface area contributed by atoms with Gasteiger partial charge in [0.05, 0.1) is 11.2 Å². The summed E-state index contributed by atoms with van der Waals surface area (Å²) in [4.78, 5) is 0. The summed E-state index contributed by atoms with van der Waals surface area (Å²) in [5.74, 6) is 3.76. The minimum absolute atomic E-state index is 0.290. The Morgan fingerprint density at radius 3 is 0.581 bits per heavy atom. The van der Waals surface area contributed by atoms with Gasteiger partial charge in [-0.15, -0.1) is 5.28 Å². The van der Waals surface area contributed by atoms with E-state index in [1.807, 2.05) is 0 Å². The van der Waals surface area contributed by atoms with Gasteiger partial charge in [-0.25, -0.2) is 0 Å². The molecule has 6 fully saturated rings. The molecule has 0 heterocycles. The molecule has 0 aliphatic heterocycles. The SMILES string of the molecule is C[CH2][Al].OC(C1CCCCC1)(C1CCCCC1)C1CCCCC1.OC(C1CCCCC1)(C1CCCCC1)C1CCCCC1. The van der Waals surface area contributed by atoms with Crippen LogP contribution in [0.15, 0.2) is 0 Å². The lowest BCUT2D eigenvalue weighted by molar-refractivity contribution is -0.142. The third kappa shape index (κ3) is 9.74. The summed E-state index contributed by atoms with van der Waals surface area (Å²) in [7, 11) is 0. The molecule has 2 N–H and O–H groups in total. The highest BCUT2D eigenvalue weighted by atomic mass is 27.0. The predicted molar refractivity (Wildman–Crippen MR) is 186 cm³/mol. The van der Waals surface area contributed by atoms with E-state index >= 15 is 0 Å². The van der Waals surface area contributed by atoms with E-state index in [-0.39, 0.29) is 11.2 Å². The fourth-order valence-corrected chi connectivity index (χ4v) is 11.4. The fraction of sp³-hybridized carbons (Fsp3) is 1.00. The highest BCUT2D eigenvalue weighted by Gasteiger charge is 2.50. The minimum atomic E-state index is -0.290. The molecule has 0 aromatic heterocycles. The van der Waals surface area contributed by atoms with Gasteiger partial charge in [-0.3, -0.25) is 0 Å². The van der Waals surface area contributed by atoms with E-state index in [1.165, 1.54) is 198 Å². The third-order valence-electron chi connectivity index (χ3n) is 13.6. The van der Waals surface area contributed by atoms with Gasteiger partial charge >= 0.3 is 0 Å². The van der Waals surface area contributed by atoms with Crippen molar-refractivity contribution in [3.05, 3.63) is 0 Å². The van der Waals surface area contributed by atoms with Crippen LogP contribution >= 0.6 is 0 Å².